The number of aliphatic hydroxyl groups excluding tert-OH is 1. The summed E-state index contributed by atoms with van der Waals surface area (Å²) >= 11 is 14.1. The Morgan fingerprint density at radius 3 is 2.02 bits per heavy atom. The molecule has 2 fully saturated rings. The van der Waals surface area contributed by atoms with Gasteiger partial charge in [-0.1, -0.05) is 59.6 Å². The Labute approximate surface area is 288 Å². The molecular formula is C34H37Cl2N7O5. The third-order valence-corrected chi connectivity index (χ3v) is 9.29. The minimum absolute atomic E-state index is 0.0795. The van der Waals surface area contributed by atoms with Gasteiger partial charge < -0.3 is 35.3 Å². The first kappa shape index (κ1) is 34.0. The van der Waals surface area contributed by atoms with Crippen LogP contribution in [0, 0.1) is 0 Å². The largest absolute Gasteiger partial charge is 0.480 e. The molecule has 12 nitrogen and oxygen atoms in total. The summed E-state index contributed by atoms with van der Waals surface area (Å²) in [5.41, 5.74) is 5.10. The molecule has 48 heavy (non-hydrogen) atoms. The van der Waals surface area contributed by atoms with Gasteiger partial charge in [-0.3, -0.25) is 14.8 Å². The zero-order valence-electron chi connectivity index (χ0n) is 26.6. The highest BCUT2D eigenvalue weighted by atomic mass is 35.5. The number of carbonyl (C=O) groups is 1. The number of benzene rings is 2. The molecule has 252 valence electrons. The summed E-state index contributed by atoms with van der Waals surface area (Å²) in [5.74, 6) is 0.822. The van der Waals surface area contributed by atoms with Crippen molar-refractivity contribution in [3.8, 4) is 45.4 Å². The zero-order valence-corrected chi connectivity index (χ0v) is 28.1. The molecule has 2 saturated heterocycles. The fraction of sp³-hybridized carbons (Fsp3) is 0.382. The third-order valence-electron chi connectivity index (χ3n) is 8.48. The van der Waals surface area contributed by atoms with Crippen molar-refractivity contribution in [2.75, 3.05) is 34.0 Å². The molecule has 2 aromatic carbocycles. The maximum absolute atomic E-state index is 11.5. The second-order valence-corrected chi connectivity index (χ2v) is 12.4. The van der Waals surface area contributed by atoms with Crippen LogP contribution in [0.15, 0.2) is 48.8 Å². The van der Waals surface area contributed by atoms with Crippen molar-refractivity contribution in [1.82, 2.24) is 35.9 Å². The molecule has 6 rings (SSSR count). The molecule has 3 atom stereocenters. The third kappa shape index (κ3) is 7.54. The molecule has 2 aliphatic heterocycles. The number of amides is 1. The summed E-state index contributed by atoms with van der Waals surface area (Å²) in [6, 6.07) is 11.3. The molecular weight excluding hydrogens is 657 g/mol. The van der Waals surface area contributed by atoms with Crippen molar-refractivity contribution in [3.05, 3.63) is 70.2 Å². The predicted molar refractivity (Wildman–Crippen MR) is 182 cm³/mol. The Kier molecular flexibility index (Phi) is 11.0. The maximum Gasteiger partial charge on any atom is 0.237 e. The van der Waals surface area contributed by atoms with Gasteiger partial charge in [0, 0.05) is 67.0 Å². The number of aromatic nitrogens is 4. The van der Waals surface area contributed by atoms with Gasteiger partial charge in [-0.15, -0.1) is 0 Å². The van der Waals surface area contributed by atoms with E-state index in [1.165, 1.54) is 0 Å². The minimum Gasteiger partial charge on any atom is -0.480 e. The number of methoxy groups -OCH3 is 2. The monoisotopic (exact) mass is 693 g/mol. The van der Waals surface area contributed by atoms with Gasteiger partial charge in [-0.05, 0) is 12.8 Å². The lowest BCUT2D eigenvalue weighted by atomic mass is 9.98. The summed E-state index contributed by atoms with van der Waals surface area (Å²) in [5, 5.41) is 20.7. The molecule has 4 N–H and O–H groups in total. The number of nitrogens with zero attached hydrogens (tertiary/aromatic N) is 4. The highest BCUT2D eigenvalue weighted by Crippen LogP contribution is 2.42. The molecule has 0 radical (unpaired) electrons. The number of rotatable bonds is 12. The highest BCUT2D eigenvalue weighted by molar-refractivity contribution is 6.39. The van der Waals surface area contributed by atoms with E-state index in [0.29, 0.717) is 113 Å². The lowest BCUT2D eigenvalue weighted by Gasteiger charge is -2.28. The molecule has 0 aliphatic carbocycles. The van der Waals surface area contributed by atoms with Crippen LogP contribution in [-0.2, 0) is 22.6 Å². The van der Waals surface area contributed by atoms with Gasteiger partial charge in [0.05, 0.1) is 60.8 Å². The van der Waals surface area contributed by atoms with E-state index in [2.05, 4.69) is 25.9 Å². The molecule has 4 heterocycles. The SMILES string of the molecule is COc1nc(-c2cccc(-c3cccc(-c4cnc(CN[C@@H]5CCOC[C@H]5O)c(OC)n4)c3Cl)c2Cl)cnc1CNC[C@@H]1CCC(=O)N1. The van der Waals surface area contributed by atoms with Crippen LogP contribution >= 0.6 is 23.2 Å². The highest BCUT2D eigenvalue weighted by Gasteiger charge is 2.25. The number of aliphatic hydroxyl groups is 1. The average Bonchev–Trinajstić information content (AvgIpc) is 3.53. The van der Waals surface area contributed by atoms with Gasteiger partial charge in [0.25, 0.3) is 0 Å². The maximum atomic E-state index is 11.5. The van der Waals surface area contributed by atoms with E-state index in [1.54, 1.807) is 26.6 Å². The Morgan fingerprint density at radius 1 is 0.896 bits per heavy atom. The van der Waals surface area contributed by atoms with Crippen molar-refractivity contribution in [3.63, 3.8) is 0 Å². The topological polar surface area (TPSA) is 153 Å². The van der Waals surface area contributed by atoms with E-state index in [9.17, 15) is 9.90 Å². The van der Waals surface area contributed by atoms with Crippen molar-refractivity contribution < 1.29 is 24.1 Å². The van der Waals surface area contributed by atoms with Crippen molar-refractivity contribution >= 4 is 29.1 Å². The van der Waals surface area contributed by atoms with E-state index in [1.807, 2.05) is 36.4 Å². The first-order valence-electron chi connectivity index (χ1n) is 15.7. The predicted octanol–water partition coefficient (Wildman–Crippen LogP) is 4.20. The van der Waals surface area contributed by atoms with Crippen LogP contribution < -0.4 is 25.4 Å². The summed E-state index contributed by atoms with van der Waals surface area (Å²) in [6.07, 6.45) is 4.81. The van der Waals surface area contributed by atoms with Gasteiger partial charge in [0.1, 0.15) is 11.4 Å². The molecule has 4 aromatic rings. The molecule has 0 unspecified atom stereocenters. The Bertz CT molecular complexity index is 1780. The van der Waals surface area contributed by atoms with Crippen LogP contribution in [0.4, 0.5) is 0 Å². The molecule has 0 saturated carbocycles. The number of nitrogens with one attached hydrogen (secondary N) is 3. The standard InChI is InChI=1S/C34H37Cl2N7O5/c1-46-33-27(14-37-13-19-9-10-30(45)41-19)39-15-25(42-33)22-7-3-5-20(31(22)35)21-6-4-8-23(32(21)36)26-16-40-28(34(43-26)47-2)17-38-24-11-12-48-18-29(24)44/h3-8,15-16,19,24,29,37-38,44H,9-14,17-18H2,1-2H3,(H,41,45)/t19-,24+,29+/m0/s1. The number of hydrogen-bond donors (Lipinski definition) is 4. The number of hydrogen-bond acceptors (Lipinski definition) is 11. The Morgan fingerprint density at radius 2 is 1.48 bits per heavy atom. The summed E-state index contributed by atoms with van der Waals surface area (Å²) in [7, 11) is 3.09. The van der Waals surface area contributed by atoms with Crippen molar-refractivity contribution in [2.24, 2.45) is 0 Å². The Hall–Kier alpha value is -3.91. The number of ether oxygens (including phenoxy) is 3. The molecule has 14 heteroatoms. The summed E-state index contributed by atoms with van der Waals surface area (Å²) in [4.78, 5) is 30.2. The number of halogens is 2. The molecule has 0 spiro atoms. The second-order valence-electron chi connectivity index (χ2n) is 11.6. The smallest absolute Gasteiger partial charge is 0.237 e. The molecule has 1 amide bonds. The van der Waals surface area contributed by atoms with E-state index in [4.69, 9.17) is 47.4 Å². The Balaban J connectivity index is 1.22. The van der Waals surface area contributed by atoms with Crippen LogP contribution in [0.2, 0.25) is 10.0 Å². The van der Waals surface area contributed by atoms with Crippen LogP contribution in [-0.4, -0.2) is 83.1 Å². The van der Waals surface area contributed by atoms with Crippen molar-refractivity contribution in [2.45, 2.75) is 50.5 Å². The first-order chi connectivity index (χ1) is 23.4. The zero-order chi connectivity index (χ0) is 33.6. The van der Waals surface area contributed by atoms with E-state index in [0.717, 1.165) is 6.42 Å². The second kappa shape index (κ2) is 15.5. The van der Waals surface area contributed by atoms with Crippen molar-refractivity contribution in [1.29, 1.82) is 0 Å². The van der Waals surface area contributed by atoms with E-state index < -0.39 is 6.10 Å². The minimum atomic E-state index is -0.585. The first-order valence-corrected chi connectivity index (χ1v) is 16.5. The van der Waals surface area contributed by atoms with E-state index >= 15 is 0 Å². The van der Waals surface area contributed by atoms with Gasteiger partial charge in [0.15, 0.2) is 0 Å². The van der Waals surface area contributed by atoms with Crippen LogP contribution in [0.3, 0.4) is 0 Å². The lowest BCUT2D eigenvalue weighted by Crippen LogP contribution is -2.46. The quantitative estimate of drug-likeness (QED) is 0.169. The van der Waals surface area contributed by atoms with Crippen LogP contribution in [0.5, 0.6) is 11.8 Å². The van der Waals surface area contributed by atoms with Gasteiger partial charge in [-0.2, -0.15) is 0 Å². The molecule has 0 bridgehead atoms. The van der Waals surface area contributed by atoms with E-state index in [-0.39, 0.29) is 18.0 Å². The fourth-order valence-corrected chi connectivity index (χ4v) is 6.53. The fourth-order valence-electron chi connectivity index (χ4n) is 5.88. The number of carbonyl (C=O) groups excluding carboxylic acids is 1. The molecule has 2 aliphatic rings. The normalized spacial score (nSPS) is 19.3. The summed E-state index contributed by atoms with van der Waals surface area (Å²) < 4.78 is 16.5. The van der Waals surface area contributed by atoms with Crippen LogP contribution in [0.1, 0.15) is 30.7 Å². The van der Waals surface area contributed by atoms with Gasteiger partial charge in [0.2, 0.25) is 17.7 Å². The molecule has 2 aromatic heterocycles. The lowest BCUT2D eigenvalue weighted by molar-refractivity contribution is -0.119. The van der Waals surface area contributed by atoms with Gasteiger partial charge >= 0.3 is 0 Å². The average molecular weight is 695 g/mol. The summed E-state index contributed by atoms with van der Waals surface area (Å²) in [6.45, 7) is 2.33. The van der Waals surface area contributed by atoms with Crippen LogP contribution in [0.25, 0.3) is 33.6 Å². The van der Waals surface area contributed by atoms with Gasteiger partial charge in [-0.25, -0.2) is 9.97 Å².